The molecule has 0 spiro atoms. The van der Waals surface area contributed by atoms with Crippen LogP contribution in [0.3, 0.4) is 0 Å². The fourth-order valence-corrected chi connectivity index (χ4v) is 6.56. The molecule has 0 radical (unpaired) electrons. The first-order valence-electron chi connectivity index (χ1n) is 17.5. The van der Waals surface area contributed by atoms with Gasteiger partial charge in [-0.2, -0.15) is 0 Å². The lowest BCUT2D eigenvalue weighted by Gasteiger charge is -2.33. The standard InChI is InChI=1S/C38H68N2/c1-7-9-11-13-15-17-19-21-23-25-33-39(3,4)37-31-27-30-36-35(37)29-28-32-38(36)40(5,6)34-26-24-22-20-18-16-14-12-10-8-2/h27-32H,7-26,33-34H2,1-6H3/q+2. The topological polar surface area (TPSA) is 0 Å². The predicted molar refractivity (Wildman–Crippen MR) is 185 cm³/mol. The summed E-state index contributed by atoms with van der Waals surface area (Å²) >= 11 is 0. The highest BCUT2D eigenvalue weighted by Gasteiger charge is 2.26. The van der Waals surface area contributed by atoms with Gasteiger partial charge in [-0.25, -0.2) is 0 Å². The van der Waals surface area contributed by atoms with Gasteiger partial charge < -0.3 is 0 Å². The van der Waals surface area contributed by atoms with E-state index in [-0.39, 0.29) is 0 Å². The molecule has 2 rings (SSSR count). The average molecular weight is 553 g/mol. The highest BCUT2D eigenvalue weighted by molar-refractivity contribution is 6.00. The molecule has 40 heavy (non-hydrogen) atoms. The minimum atomic E-state index is 0.976. The Bertz CT molecular complexity index is 838. The van der Waals surface area contributed by atoms with E-state index >= 15 is 0 Å². The number of hydrogen-bond donors (Lipinski definition) is 0. The summed E-state index contributed by atoms with van der Waals surface area (Å²) in [4.78, 5) is 0. The van der Waals surface area contributed by atoms with E-state index in [1.807, 2.05) is 0 Å². The summed E-state index contributed by atoms with van der Waals surface area (Å²) in [7, 11) is 9.66. The first-order valence-corrected chi connectivity index (χ1v) is 17.5. The zero-order valence-corrected chi connectivity index (χ0v) is 27.9. The van der Waals surface area contributed by atoms with Crippen LogP contribution in [0.1, 0.15) is 142 Å². The van der Waals surface area contributed by atoms with Gasteiger partial charge in [-0.3, -0.25) is 8.97 Å². The maximum atomic E-state index is 2.42. The molecule has 0 heterocycles. The third-order valence-corrected chi connectivity index (χ3v) is 9.32. The largest absolute Gasteiger partial charge is 0.295 e. The van der Waals surface area contributed by atoms with Crippen LogP contribution >= 0.6 is 0 Å². The van der Waals surface area contributed by atoms with Crippen molar-refractivity contribution in [3.63, 3.8) is 0 Å². The molecule has 0 saturated carbocycles. The predicted octanol–water partition coefficient (Wildman–Crippen LogP) is 11.8. The molecule has 0 unspecified atom stereocenters. The minimum Gasteiger partial charge on any atom is -0.295 e. The van der Waals surface area contributed by atoms with Crippen molar-refractivity contribution in [1.29, 1.82) is 0 Å². The number of rotatable bonds is 24. The number of quaternary nitrogens is 2. The Hall–Kier alpha value is -1.38. The fraction of sp³-hybridized carbons (Fsp3) is 0.737. The van der Waals surface area contributed by atoms with Crippen molar-refractivity contribution in [2.24, 2.45) is 0 Å². The van der Waals surface area contributed by atoms with Crippen molar-refractivity contribution in [1.82, 2.24) is 8.97 Å². The Kier molecular flexibility index (Phi) is 17.1. The van der Waals surface area contributed by atoms with Crippen LogP contribution in [-0.4, -0.2) is 41.3 Å². The van der Waals surface area contributed by atoms with Crippen LogP contribution in [0.4, 0.5) is 11.4 Å². The van der Waals surface area contributed by atoms with E-state index in [0.29, 0.717) is 0 Å². The van der Waals surface area contributed by atoms with Gasteiger partial charge >= 0.3 is 0 Å². The van der Waals surface area contributed by atoms with Gasteiger partial charge in [-0.05, 0) is 49.9 Å². The molecular formula is C38H68N2+2. The van der Waals surface area contributed by atoms with Crippen molar-refractivity contribution in [3.8, 4) is 0 Å². The van der Waals surface area contributed by atoms with Gasteiger partial charge in [0, 0.05) is 10.8 Å². The Labute approximate surface area is 250 Å². The minimum absolute atomic E-state index is 0.976. The second-order valence-electron chi connectivity index (χ2n) is 13.8. The van der Waals surface area contributed by atoms with E-state index in [0.717, 1.165) is 8.97 Å². The SMILES string of the molecule is CCCCCCCCCCCC[N+](C)(C)c1cccc2c([N+](C)(C)CCCCCCCCCCCC)cccc12. The number of hydrogen-bond acceptors (Lipinski definition) is 0. The molecule has 2 nitrogen and oxygen atoms in total. The van der Waals surface area contributed by atoms with Gasteiger partial charge in [-0.15, -0.1) is 0 Å². The third kappa shape index (κ3) is 12.6. The monoisotopic (exact) mass is 553 g/mol. The average Bonchev–Trinajstić information content (AvgIpc) is 2.94. The first-order chi connectivity index (χ1) is 19.3. The van der Waals surface area contributed by atoms with Crippen molar-refractivity contribution in [2.45, 2.75) is 142 Å². The molecule has 0 N–H and O–H groups in total. The van der Waals surface area contributed by atoms with Crippen LogP contribution in [0.25, 0.3) is 10.8 Å². The Morgan fingerprint density at radius 2 is 0.650 bits per heavy atom. The van der Waals surface area contributed by atoms with Gasteiger partial charge in [0.25, 0.3) is 0 Å². The molecule has 0 bridgehead atoms. The van der Waals surface area contributed by atoms with E-state index < -0.39 is 0 Å². The number of nitrogens with zero attached hydrogens (tertiary/aromatic N) is 2. The fourth-order valence-electron chi connectivity index (χ4n) is 6.56. The van der Waals surface area contributed by atoms with Gasteiger partial charge in [-0.1, -0.05) is 129 Å². The van der Waals surface area contributed by atoms with E-state index in [1.165, 1.54) is 164 Å². The van der Waals surface area contributed by atoms with Crippen LogP contribution < -0.4 is 8.97 Å². The normalized spacial score (nSPS) is 12.4. The first kappa shape index (κ1) is 34.8. The van der Waals surface area contributed by atoms with E-state index in [1.54, 1.807) is 0 Å². The number of fused-ring (bicyclic) bond motifs is 1. The van der Waals surface area contributed by atoms with Crippen molar-refractivity contribution >= 4 is 22.1 Å². The summed E-state index contributed by atoms with van der Waals surface area (Å²) in [5.74, 6) is 0. The molecule has 0 aliphatic carbocycles. The highest BCUT2D eigenvalue weighted by atomic mass is 15.3. The van der Waals surface area contributed by atoms with Crippen LogP contribution in [-0.2, 0) is 0 Å². The van der Waals surface area contributed by atoms with Crippen LogP contribution in [0.5, 0.6) is 0 Å². The molecule has 0 atom stereocenters. The van der Waals surface area contributed by atoms with Gasteiger partial charge in [0.15, 0.2) is 0 Å². The lowest BCUT2D eigenvalue weighted by Crippen LogP contribution is -2.42. The summed E-state index contributed by atoms with van der Waals surface area (Å²) < 4.78 is 1.95. The maximum absolute atomic E-state index is 2.42. The summed E-state index contributed by atoms with van der Waals surface area (Å²) in [5, 5.41) is 2.90. The van der Waals surface area contributed by atoms with Crippen LogP contribution in [0.15, 0.2) is 36.4 Å². The van der Waals surface area contributed by atoms with E-state index in [2.05, 4.69) is 78.4 Å². The molecule has 0 aromatic heterocycles. The maximum Gasteiger partial charge on any atom is 0.140 e. The molecular weight excluding hydrogens is 484 g/mol. The highest BCUT2D eigenvalue weighted by Crippen LogP contribution is 2.37. The lowest BCUT2D eigenvalue weighted by molar-refractivity contribution is 0.381. The Morgan fingerprint density at radius 3 is 0.950 bits per heavy atom. The zero-order valence-electron chi connectivity index (χ0n) is 27.9. The molecule has 0 saturated heterocycles. The van der Waals surface area contributed by atoms with E-state index in [4.69, 9.17) is 0 Å². The quantitative estimate of drug-likeness (QED) is 0.0897. The second-order valence-corrected chi connectivity index (χ2v) is 13.8. The second kappa shape index (κ2) is 19.7. The summed E-state index contributed by atoms with van der Waals surface area (Å²) in [5.41, 5.74) is 2.96. The smallest absolute Gasteiger partial charge is 0.140 e. The molecule has 0 amide bonds. The number of benzene rings is 2. The van der Waals surface area contributed by atoms with Crippen molar-refractivity contribution in [2.75, 3.05) is 41.3 Å². The molecule has 2 aromatic carbocycles. The third-order valence-electron chi connectivity index (χ3n) is 9.32. The zero-order chi connectivity index (χ0) is 29.1. The Balaban J connectivity index is 1.85. The summed E-state index contributed by atoms with van der Waals surface area (Å²) in [6.45, 7) is 7.04. The molecule has 0 fully saturated rings. The van der Waals surface area contributed by atoms with Gasteiger partial charge in [0.1, 0.15) is 11.4 Å². The molecule has 228 valence electrons. The molecule has 0 aliphatic heterocycles. The summed E-state index contributed by atoms with van der Waals surface area (Å²) in [6, 6.07) is 14.1. The van der Waals surface area contributed by atoms with E-state index in [9.17, 15) is 0 Å². The van der Waals surface area contributed by atoms with Crippen molar-refractivity contribution in [3.05, 3.63) is 36.4 Å². The van der Waals surface area contributed by atoms with Gasteiger partial charge in [0.05, 0.1) is 41.3 Å². The molecule has 2 aromatic rings. The molecule has 0 aliphatic rings. The Morgan fingerprint density at radius 1 is 0.375 bits per heavy atom. The molecule has 2 heteroatoms. The van der Waals surface area contributed by atoms with Crippen molar-refractivity contribution < 1.29 is 0 Å². The van der Waals surface area contributed by atoms with Gasteiger partial charge in [0.2, 0.25) is 0 Å². The number of unbranched alkanes of at least 4 members (excludes halogenated alkanes) is 18. The van der Waals surface area contributed by atoms with Crippen LogP contribution in [0.2, 0.25) is 0 Å². The van der Waals surface area contributed by atoms with Crippen LogP contribution in [0, 0.1) is 0 Å². The lowest BCUT2D eigenvalue weighted by atomic mass is 10.0. The summed E-state index contributed by atoms with van der Waals surface area (Å²) in [6.07, 6.45) is 28.0.